The molecule has 0 saturated carbocycles. The third-order valence-corrected chi connectivity index (χ3v) is 4.74. The van der Waals surface area contributed by atoms with E-state index in [1.165, 1.54) is 12.3 Å². The average Bonchev–Trinajstić information content (AvgIpc) is 3.07. The first kappa shape index (κ1) is 23.0. The van der Waals surface area contributed by atoms with Gasteiger partial charge in [0.2, 0.25) is 0 Å². The fourth-order valence-electron chi connectivity index (χ4n) is 2.23. The highest BCUT2D eigenvalue weighted by Gasteiger charge is 2.08. The molecule has 148 valence electrons. The molecule has 10 heteroatoms. The van der Waals surface area contributed by atoms with E-state index in [1.807, 2.05) is 0 Å². The van der Waals surface area contributed by atoms with Crippen molar-refractivity contribution in [2.75, 3.05) is 19.8 Å². The number of amides is 1. The number of carbonyl (C=O) groups excluding carboxylic acids is 1. The molecule has 0 aliphatic heterocycles. The van der Waals surface area contributed by atoms with Crippen LogP contribution < -0.4 is 16.4 Å². The fraction of sp³-hybridized carbons (Fsp3) is 0.294. The average molecular weight is 506 g/mol. The third-order valence-electron chi connectivity index (χ3n) is 3.62. The van der Waals surface area contributed by atoms with Crippen molar-refractivity contribution in [2.45, 2.75) is 17.9 Å². The molecule has 0 fully saturated rings. The van der Waals surface area contributed by atoms with Gasteiger partial charge >= 0.3 is 0 Å². The highest BCUT2D eigenvalue weighted by Crippen LogP contribution is 2.10. The van der Waals surface area contributed by atoms with Crippen LogP contribution in [0.2, 0.25) is 0 Å². The van der Waals surface area contributed by atoms with Gasteiger partial charge in [-0.1, -0.05) is 12.1 Å². The predicted octanol–water partition coefficient (Wildman–Crippen LogP) is 1.31. The van der Waals surface area contributed by atoms with E-state index in [0.29, 0.717) is 36.1 Å². The molecule has 27 heavy (non-hydrogen) atoms. The number of halogens is 1. The molecule has 4 N–H and O–H groups in total. The standard InChI is InChI=1S/C17H22N4O4S.HI/c1-19-17(21-11-13-5-8-15(25-13)16(18)22)20-10-9-12-3-6-14(7-4-12)26(2,23)24;/h3-8H,9-11H2,1-2H3,(H2,18,22)(H2,19,20,21);1H. The van der Waals surface area contributed by atoms with Crippen LogP contribution in [0.1, 0.15) is 21.9 Å². The van der Waals surface area contributed by atoms with Crippen molar-refractivity contribution in [1.29, 1.82) is 0 Å². The van der Waals surface area contributed by atoms with Crippen LogP contribution in [0.4, 0.5) is 0 Å². The Balaban J connectivity index is 0.00000364. The van der Waals surface area contributed by atoms with Gasteiger partial charge in [-0.05, 0) is 36.2 Å². The number of nitrogens with zero attached hydrogens (tertiary/aromatic N) is 1. The summed E-state index contributed by atoms with van der Waals surface area (Å²) in [6, 6.07) is 9.99. The van der Waals surface area contributed by atoms with Crippen LogP contribution in [-0.4, -0.2) is 40.1 Å². The first-order chi connectivity index (χ1) is 12.3. The Morgan fingerprint density at radius 1 is 1.15 bits per heavy atom. The predicted molar refractivity (Wildman–Crippen MR) is 114 cm³/mol. The van der Waals surface area contributed by atoms with Crippen molar-refractivity contribution in [2.24, 2.45) is 10.7 Å². The number of sulfone groups is 1. The molecule has 8 nitrogen and oxygen atoms in total. The number of hydrogen-bond donors (Lipinski definition) is 3. The zero-order valence-corrected chi connectivity index (χ0v) is 18.2. The van der Waals surface area contributed by atoms with Gasteiger partial charge in [0.15, 0.2) is 21.6 Å². The van der Waals surface area contributed by atoms with Gasteiger partial charge in [0, 0.05) is 19.8 Å². The summed E-state index contributed by atoms with van der Waals surface area (Å²) in [4.78, 5) is 15.4. The van der Waals surface area contributed by atoms with Gasteiger partial charge in [0.05, 0.1) is 11.4 Å². The lowest BCUT2D eigenvalue weighted by atomic mass is 10.1. The second-order valence-corrected chi connectivity index (χ2v) is 7.66. The molecule has 0 aliphatic carbocycles. The number of aliphatic imine (C=N–C) groups is 1. The Bertz CT molecular complexity index is 892. The van der Waals surface area contributed by atoms with Crippen LogP contribution in [0, 0.1) is 0 Å². The first-order valence-corrected chi connectivity index (χ1v) is 9.81. The van der Waals surface area contributed by atoms with Crippen LogP contribution in [0.25, 0.3) is 0 Å². The smallest absolute Gasteiger partial charge is 0.284 e. The van der Waals surface area contributed by atoms with Crippen molar-refractivity contribution < 1.29 is 17.6 Å². The van der Waals surface area contributed by atoms with Gasteiger partial charge in [-0.25, -0.2) is 8.42 Å². The first-order valence-electron chi connectivity index (χ1n) is 7.91. The second kappa shape index (κ2) is 10.3. The summed E-state index contributed by atoms with van der Waals surface area (Å²) in [5.74, 6) is 0.649. The molecular weight excluding hydrogens is 483 g/mol. The number of nitrogens with one attached hydrogen (secondary N) is 2. The van der Waals surface area contributed by atoms with Crippen molar-refractivity contribution in [3.05, 3.63) is 53.5 Å². The molecule has 0 radical (unpaired) electrons. The number of carbonyl (C=O) groups is 1. The Kier molecular flexibility index (Phi) is 8.76. The molecule has 1 aromatic carbocycles. The van der Waals surface area contributed by atoms with Gasteiger partial charge in [0.1, 0.15) is 5.76 Å². The Hall–Kier alpha value is -2.08. The minimum atomic E-state index is -3.18. The Morgan fingerprint density at radius 2 is 1.81 bits per heavy atom. The maximum absolute atomic E-state index is 11.4. The van der Waals surface area contributed by atoms with E-state index < -0.39 is 15.7 Å². The Morgan fingerprint density at radius 3 is 2.33 bits per heavy atom. The maximum Gasteiger partial charge on any atom is 0.284 e. The van der Waals surface area contributed by atoms with E-state index in [9.17, 15) is 13.2 Å². The number of primary amides is 1. The van der Waals surface area contributed by atoms with Crippen molar-refractivity contribution >= 4 is 45.7 Å². The molecule has 0 aliphatic rings. The number of benzene rings is 1. The van der Waals surface area contributed by atoms with Crippen LogP contribution >= 0.6 is 24.0 Å². The summed E-state index contributed by atoms with van der Waals surface area (Å²) in [5, 5.41) is 6.22. The van der Waals surface area contributed by atoms with E-state index in [0.717, 1.165) is 5.56 Å². The molecule has 0 unspecified atom stereocenters. The van der Waals surface area contributed by atoms with Crippen molar-refractivity contribution in [3.63, 3.8) is 0 Å². The zero-order chi connectivity index (χ0) is 19.2. The van der Waals surface area contributed by atoms with E-state index in [4.69, 9.17) is 10.2 Å². The SMILES string of the molecule is CN=C(NCCc1ccc(S(C)(=O)=O)cc1)NCc1ccc(C(N)=O)o1.I. The summed E-state index contributed by atoms with van der Waals surface area (Å²) < 4.78 is 28.2. The van der Waals surface area contributed by atoms with Gasteiger partial charge in [0.25, 0.3) is 5.91 Å². The summed E-state index contributed by atoms with van der Waals surface area (Å²) in [6.45, 7) is 0.971. The van der Waals surface area contributed by atoms with E-state index in [2.05, 4.69) is 15.6 Å². The quantitative estimate of drug-likeness (QED) is 0.295. The number of hydrogen-bond acceptors (Lipinski definition) is 5. The molecule has 0 atom stereocenters. The van der Waals surface area contributed by atoms with Crippen molar-refractivity contribution in [3.8, 4) is 0 Å². The summed E-state index contributed by atoms with van der Waals surface area (Å²) in [6.07, 6.45) is 1.89. The minimum absolute atomic E-state index is 0. The number of furan rings is 1. The molecule has 2 rings (SSSR count). The number of guanidine groups is 1. The summed E-state index contributed by atoms with van der Waals surface area (Å²) in [5.41, 5.74) is 6.15. The second-order valence-electron chi connectivity index (χ2n) is 5.65. The normalized spacial score (nSPS) is 11.6. The topological polar surface area (TPSA) is 127 Å². The minimum Gasteiger partial charge on any atom is -0.454 e. The molecule has 0 spiro atoms. The molecule has 0 saturated heterocycles. The third kappa shape index (κ3) is 7.21. The highest BCUT2D eigenvalue weighted by molar-refractivity contribution is 14.0. The van der Waals surface area contributed by atoms with Gasteiger partial charge in [-0.2, -0.15) is 0 Å². The molecule has 1 heterocycles. The lowest BCUT2D eigenvalue weighted by Crippen LogP contribution is -2.37. The highest BCUT2D eigenvalue weighted by atomic mass is 127. The van der Waals surface area contributed by atoms with Gasteiger partial charge < -0.3 is 20.8 Å². The summed E-state index contributed by atoms with van der Waals surface area (Å²) >= 11 is 0. The van der Waals surface area contributed by atoms with Crippen LogP contribution in [0.5, 0.6) is 0 Å². The summed E-state index contributed by atoms with van der Waals surface area (Å²) in [7, 11) is -1.53. The zero-order valence-electron chi connectivity index (χ0n) is 15.1. The molecule has 1 aromatic heterocycles. The number of nitrogens with two attached hydrogens (primary N) is 1. The largest absolute Gasteiger partial charge is 0.454 e. The van der Waals surface area contributed by atoms with E-state index >= 15 is 0 Å². The monoisotopic (exact) mass is 506 g/mol. The van der Waals surface area contributed by atoms with Crippen LogP contribution in [-0.2, 0) is 22.8 Å². The van der Waals surface area contributed by atoms with E-state index in [1.54, 1.807) is 37.4 Å². The molecule has 0 bridgehead atoms. The maximum atomic E-state index is 11.4. The Labute approximate surface area is 175 Å². The molecule has 1 amide bonds. The van der Waals surface area contributed by atoms with Crippen LogP contribution in [0.15, 0.2) is 50.7 Å². The molecular formula is C17H23IN4O4S. The van der Waals surface area contributed by atoms with Gasteiger partial charge in [-0.3, -0.25) is 9.79 Å². The fourth-order valence-corrected chi connectivity index (χ4v) is 2.86. The van der Waals surface area contributed by atoms with Gasteiger partial charge in [-0.15, -0.1) is 24.0 Å². The lowest BCUT2D eigenvalue weighted by molar-refractivity contribution is 0.0972. The number of rotatable bonds is 7. The van der Waals surface area contributed by atoms with E-state index in [-0.39, 0.29) is 29.7 Å². The lowest BCUT2D eigenvalue weighted by Gasteiger charge is -2.11. The van der Waals surface area contributed by atoms with Crippen molar-refractivity contribution in [1.82, 2.24) is 10.6 Å². The molecule has 2 aromatic rings. The van der Waals surface area contributed by atoms with Crippen LogP contribution in [0.3, 0.4) is 0 Å².